The summed E-state index contributed by atoms with van der Waals surface area (Å²) in [7, 11) is 0. The van der Waals surface area contributed by atoms with E-state index in [-0.39, 0.29) is 0 Å². The van der Waals surface area contributed by atoms with Gasteiger partial charge in [0.05, 0.1) is 5.69 Å². The predicted molar refractivity (Wildman–Crippen MR) is 89.4 cm³/mol. The number of rotatable bonds is 4. The van der Waals surface area contributed by atoms with E-state index >= 15 is 0 Å². The molecule has 0 spiro atoms. The van der Waals surface area contributed by atoms with E-state index in [0.29, 0.717) is 0 Å². The first-order valence-corrected chi connectivity index (χ1v) is 8.17. The zero-order valence-electron chi connectivity index (χ0n) is 12.9. The van der Waals surface area contributed by atoms with Gasteiger partial charge in [0.15, 0.2) is 0 Å². The summed E-state index contributed by atoms with van der Waals surface area (Å²) in [5.74, 6) is 0.853. The molecule has 1 heterocycles. The highest BCUT2D eigenvalue weighted by Crippen LogP contribution is 2.25. The molecule has 0 atom stereocenters. The van der Waals surface area contributed by atoms with E-state index in [1.165, 1.54) is 22.3 Å². The maximum absolute atomic E-state index is 4.17. The van der Waals surface area contributed by atoms with E-state index in [1.54, 1.807) is 11.8 Å². The molecule has 0 saturated heterocycles. The normalized spacial score (nSPS) is 10.9. The van der Waals surface area contributed by atoms with Gasteiger partial charge in [-0.1, -0.05) is 59.8 Å². The molecule has 0 unspecified atom stereocenters. The fourth-order valence-electron chi connectivity index (χ4n) is 2.38. The Bertz CT molecular complexity index is 757. The monoisotopic (exact) mass is 310 g/mol. The molecule has 0 fully saturated rings. The number of nitrogens with zero attached hydrogens (tertiary/aromatic N) is 4. The molecular weight excluding hydrogens is 292 g/mol. The Hall–Kier alpha value is -2.14. The van der Waals surface area contributed by atoms with Crippen LogP contribution in [-0.2, 0) is 5.75 Å². The van der Waals surface area contributed by atoms with Crippen LogP contribution in [0.25, 0.3) is 5.69 Å². The van der Waals surface area contributed by atoms with Crippen LogP contribution >= 0.6 is 11.8 Å². The SMILES string of the molecule is Cc1ccc(CSc2nnnn2-c2c(C)cccc2C)cc1. The van der Waals surface area contributed by atoms with Crippen molar-refractivity contribution in [3.8, 4) is 5.69 Å². The lowest BCUT2D eigenvalue weighted by Gasteiger charge is -2.10. The third-order valence-corrected chi connectivity index (χ3v) is 4.57. The van der Waals surface area contributed by atoms with Gasteiger partial charge in [0.25, 0.3) is 0 Å². The molecule has 0 saturated carbocycles. The molecule has 0 aliphatic heterocycles. The van der Waals surface area contributed by atoms with E-state index < -0.39 is 0 Å². The molecule has 0 bridgehead atoms. The highest BCUT2D eigenvalue weighted by atomic mass is 32.2. The topological polar surface area (TPSA) is 43.6 Å². The van der Waals surface area contributed by atoms with Gasteiger partial charge in [-0.15, -0.1) is 5.10 Å². The van der Waals surface area contributed by atoms with Crippen molar-refractivity contribution in [1.82, 2.24) is 20.2 Å². The second kappa shape index (κ2) is 6.32. The molecule has 0 aliphatic carbocycles. The predicted octanol–water partition coefficient (Wildman–Crippen LogP) is 3.88. The Morgan fingerprint density at radius 3 is 2.32 bits per heavy atom. The quantitative estimate of drug-likeness (QED) is 0.686. The minimum atomic E-state index is 0.818. The van der Waals surface area contributed by atoms with E-state index in [4.69, 9.17) is 0 Å². The van der Waals surface area contributed by atoms with Crippen LogP contribution in [0.2, 0.25) is 0 Å². The average Bonchev–Trinajstić information content (AvgIpc) is 2.95. The minimum absolute atomic E-state index is 0.818. The maximum atomic E-state index is 4.17. The zero-order valence-corrected chi connectivity index (χ0v) is 13.8. The van der Waals surface area contributed by atoms with E-state index in [1.807, 2.05) is 4.68 Å². The first kappa shape index (κ1) is 14.8. The molecule has 3 rings (SSSR count). The third kappa shape index (κ3) is 3.04. The molecule has 112 valence electrons. The molecule has 1 aromatic heterocycles. The first-order chi connectivity index (χ1) is 10.6. The molecule has 0 N–H and O–H groups in total. The second-order valence-corrected chi connectivity index (χ2v) is 6.33. The maximum Gasteiger partial charge on any atom is 0.214 e. The van der Waals surface area contributed by atoms with Crippen molar-refractivity contribution in [3.05, 3.63) is 64.7 Å². The number of para-hydroxylation sites is 1. The Kier molecular flexibility index (Phi) is 4.24. The first-order valence-electron chi connectivity index (χ1n) is 7.18. The lowest BCUT2D eigenvalue weighted by molar-refractivity contribution is 0.747. The van der Waals surface area contributed by atoms with Gasteiger partial charge < -0.3 is 0 Å². The van der Waals surface area contributed by atoms with Crippen LogP contribution < -0.4 is 0 Å². The van der Waals surface area contributed by atoms with Crippen molar-refractivity contribution in [2.75, 3.05) is 0 Å². The van der Waals surface area contributed by atoms with Gasteiger partial charge in [0, 0.05) is 5.75 Å². The fourth-order valence-corrected chi connectivity index (χ4v) is 3.21. The molecule has 3 aromatic rings. The zero-order chi connectivity index (χ0) is 15.5. The second-order valence-electron chi connectivity index (χ2n) is 5.39. The highest BCUT2D eigenvalue weighted by molar-refractivity contribution is 7.98. The van der Waals surface area contributed by atoms with Crippen molar-refractivity contribution in [3.63, 3.8) is 0 Å². The van der Waals surface area contributed by atoms with Crippen LogP contribution in [0.15, 0.2) is 47.6 Å². The van der Waals surface area contributed by atoms with Gasteiger partial charge in [-0.2, -0.15) is 4.68 Å². The molecule has 5 heteroatoms. The van der Waals surface area contributed by atoms with Crippen molar-refractivity contribution < 1.29 is 0 Å². The van der Waals surface area contributed by atoms with Crippen LogP contribution in [0.4, 0.5) is 0 Å². The summed E-state index contributed by atoms with van der Waals surface area (Å²) in [4.78, 5) is 0. The van der Waals surface area contributed by atoms with E-state index in [2.05, 4.69) is 78.8 Å². The van der Waals surface area contributed by atoms with Gasteiger partial charge in [-0.25, -0.2) is 0 Å². The van der Waals surface area contributed by atoms with Crippen LogP contribution in [0.5, 0.6) is 0 Å². The Balaban J connectivity index is 1.85. The smallest absolute Gasteiger partial charge is 0.187 e. The summed E-state index contributed by atoms with van der Waals surface area (Å²) in [6.07, 6.45) is 0. The van der Waals surface area contributed by atoms with Crippen LogP contribution in [-0.4, -0.2) is 20.2 Å². The lowest BCUT2D eigenvalue weighted by atomic mass is 10.1. The fraction of sp³-hybridized carbons (Fsp3) is 0.235. The minimum Gasteiger partial charge on any atom is -0.187 e. The number of thioether (sulfide) groups is 1. The van der Waals surface area contributed by atoms with Gasteiger partial charge in [0.2, 0.25) is 5.16 Å². The molecule has 0 amide bonds. The molecule has 0 aliphatic rings. The molecule has 4 nitrogen and oxygen atoms in total. The van der Waals surface area contributed by atoms with Gasteiger partial charge in [-0.05, 0) is 47.9 Å². The van der Waals surface area contributed by atoms with Gasteiger partial charge in [-0.3, -0.25) is 0 Å². The van der Waals surface area contributed by atoms with Crippen LogP contribution in [0.1, 0.15) is 22.3 Å². The highest BCUT2D eigenvalue weighted by Gasteiger charge is 2.13. The number of benzene rings is 2. The Labute approximate surface area is 134 Å². The number of hydrogen-bond acceptors (Lipinski definition) is 4. The van der Waals surface area contributed by atoms with Crippen molar-refractivity contribution in [2.45, 2.75) is 31.7 Å². The van der Waals surface area contributed by atoms with Crippen molar-refractivity contribution in [2.24, 2.45) is 0 Å². The summed E-state index contributed by atoms with van der Waals surface area (Å²) in [6.45, 7) is 6.26. The van der Waals surface area contributed by atoms with Crippen molar-refractivity contribution in [1.29, 1.82) is 0 Å². The number of hydrogen-bond donors (Lipinski definition) is 0. The third-order valence-electron chi connectivity index (χ3n) is 3.58. The largest absolute Gasteiger partial charge is 0.214 e. The summed E-state index contributed by atoms with van der Waals surface area (Å²) in [6, 6.07) is 14.8. The summed E-state index contributed by atoms with van der Waals surface area (Å²) < 4.78 is 1.84. The van der Waals surface area contributed by atoms with Crippen LogP contribution in [0, 0.1) is 20.8 Å². The van der Waals surface area contributed by atoms with Gasteiger partial charge in [0.1, 0.15) is 0 Å². The molecule has 22 heavy (non-hydrogen) atoms. The van der Waals surface area contributed by atoms with Crippen molar-refractivity contribution >= 4 is 11.8 Å². The average molecular weight is 310 g/mol. The van der Waals surface area contributed by atoms with E-state index in [9.17, 15) is 0 Å². The number of tetrazole rings is 1. The molecule has 2 aromatic carbocycles. The summed E-state index contributed by atoms with van der Waals surface area (Å²) in [5, 5.41) is 13.0. The molecule has 0 radical (unpaired) electrons. The number of aromatic nitrogens is 4. The van der Waals surface area contributed by atoms with Gasteiger partial charge >= 0.3 is 0 Å². The number of aryl methyl sites for hydroxylation is 3. The Morgan fingerprint density at radius 1 is 0.955 bits per heavy atom. The lowest BCUT2D eigenvalue weighted by Crippen LogP contribution is -2.04. The van der Waals surface area contributed by atoms with Crippen LogP contribution in [0.3, 0.4) is 0 Å². The Morgan fingerprint density at radius 2 is 1.64 bits per heavy atom. The van der Waals surface area contributed by atoms with E-state index in [0.717, 1.165) is 16.6 Å². The molecular formula is C17H18N4S. The standard InChI is InChI=1S/C17H18N4S/c1-12-7-9-15(10-8-12)11-22-17-18-19-20-21(17)16-13(2)5-4-6-14(16)3/h4-10H,11H2,1-3H3. The summed E-state index contributed by atoms with van der Waals surface area (Å²) >= 11 is 1.65. The summed E-state index contributed by atoms with van der Waals surface area (Å²) in [5.41, 5.74) is 5.95.